The molecule has 0 unspecified atom stereocenters. The van der Waals surface area contributed by atoms with E-state index in [1.165, 1.54) is 56.3 Å². The lowest BCUT2D eigenvalue weighted by Gasteiger charge is -2.40. The van der Waals surface area contributed by atoms with Gasteiger partial charge in [0.25, 0.3) is 0 Å². The number of allylic oxidation sites excluding steroid dienone is 1. The van der Waals surface area contributed by atoms with Crippen LogP contribution in [0.1, 0.15) is 66.8 Å². The number of piperidine rings is 1. The Morgan fingerprint density at radius 1 is 0.981 bits per heavy atom. The van der Waals surface area contributed by atoms with E-state index in [9.17, 15) is 4.79 Å². The molecule has 3 fully saturated rings. The van der Waals surface area contributed by atoms with Crippen molar-refractivity contribution in [2.75, 3.05) is 84.1 Å². The highest BCUT2D eigenvalue weighted by atomic mass is 32.1. The van der Waals surface area contributed by atoms with Crippen molar-refractivity contribution in [1.29, 1.82) is 0 Å². The zero-order valence-corrected chi connectivity index (χ0v) is 32.4. The molecule has 282 valence electrons. The summed E-state index contributed by atoms with van der Waals surface area (Å²) in [6, 6.07) is 12.9. The third-order valence-corrected chi connectivity index (χ3v) is 12.8. The van der Waals surface area contributed by atoms with E-state index < -0.39 is 5.97 Å². The third-order valence-electron chi connectivity index (χ3n) is 11.8. The van der Waals surface area contributed by atoms with Crippen molar-refractivity contribution in [3.63, 3.8) is 0 Å². The summed E-state index contributed by atoms with van der Waals surface area (Å²) >= 11 is 1.96. The third kappa shape index (κ3) is 8.49. The maximum absolute atomic E-state index is 12.7. The van der Waals surface area contributed by atoms with Gasteiger partial charge in [-0.3, -0.25) is 14.7 Å². The highest BCUT2D eigenvalue weighted by Gasteiger charge is 2.31. The van der Waals surface area contributed by atoms with E-state index in [4.69, 9.17) is 14.2 Å². The highest BCUT2D eigenvalue weighted by molar-refractivity contribution is 7.11. The number of thiophene rings is 1. The van der Waals surface area contributed by atoms with Crippen molar-refractivity contribution in [2.45, 2.75) is 58.5 Å². The van der Waals surface area contributed by atoms with Gasteiger partial charge >= 0.3 is 5.97 Å². The number of carbonyl (C=O) groups is 1. The molecule has 3 saturated heterocycles. The van der Waals surface area contributed by atoms with Crippen molar-refractivity contribution < 1.29 is 19.0 Å². The van der Waals surface area contributed by atoms with Gasteiger partial charge in [0.2, 0.25) is 0 Å². The number of carbonyl (C=O) groups excluding carboxylic acids is 1. The minimum atomic E-state index is -0.422. The number of methoxy groups -OCH3 is 1. The van der Waals surface area contributed by atoms with Gasteiger partial charge in [-0.05, 0) is 97.5 Å². The van der Waals surface area contributed by atoms with Crippen LogP contribution < -0.4 is 9.64 Å². The minimum Gasteiger partial charge on any atom is -0.465 e. The summed E-state index contributed by atoms with van der Waals surface area (Å²) in [4.78, 5) is 32.1. The van der Waals surface area contributed by atoms with E-state index in [2.05, 4.69) is 54.9 Å². The molecule has 4 aromatic rings. The van der Waals surface area contributed by atoms with Gasteiger partial charge in [0.1, 0.15) is 22.7 Å². The Balaban J connectivity index is 0.910. The number of likely N-dealkylation sites (tertiary alicyclic amines) is 1. The van der Waals surface area contributed by atoms with Crippen LogP contribution in [0.15, 0.2) is 59.7 Å². The molecule has 3 aliphatic heterocycles. The molecule has 0 amide bonds. The molecule has 8 rings (SSSR count). The largest absolute Gasteiger partial charge is 0.465 e. The van der Waals surface area contributed by atoms with E-state index in [1.54, 1.807) is 17.3 Å². The summed E-state index contributed by atoms with van der Waals surface area (Å²) in [5.41, 5.74) is 7.25. The Morgan fingerprint density at radius 2 is 1.77 bits per heavy atom. The van der Waals surface area contributed by atoms with Crippen LogP contribution in [0.3, 0.4) is 0 Å². The lowest BCUT2D eigenvalue weighted by molar-refractivity contribution is 0.000239. The summed E-state index contributed by atoms with van der Waals surface area (Å²) < 4.78 is 17.0. The maximum atomic E-state index is 12.7. The molecule has 11 heteroatoms. The fourth-order valence-corrected chi connectivity index (χ4v) is 9.63. The lowest BCUT2D eigenvalue weighted by Crippen LogP contribution is -2.48. The first-order chi connectivity index (χ1) is 25.8. The first-order valence-electron chi connectivity index (χ1n) is 19.4. The standard InChI is InChI=1S/C42H54N6O4S/c1-42(2)10-6-32(37(25-42)39-22-30(29-53-39)27-45-12-8-33(9-13-45)48-18-20-51-21-19-48)28-46-14-16-47(17-15-46)34-4-5-36(41(49)50-3)38(24-34)52-35-23-31-7-11-43-40(31)44-26-35/h4-5,7,11,22-24,26,29,33H,6,8-10,12-21,25,27-28H2,1-3H3,(H,43,44). The molecule has 10 nitrogen and oxygen atoms in total. The lowest BCUT2D eigenvalue weighted by atomic mass is 9.73. The van der Waals surface area contributed by atoms with Crippen LogP contribution in [0, 0.1) is 5.41 Å². The van der Waals surface area contributed by atoms with Crippen molar-refractivity contribution in [1.82, 2.24) is 24.7 Å². The number of hydrogen-bond acceptors (Lipinski definition) is 10. The van der Waals surface area contributed by atoms with Crippen LogP contribution in [0.2, 0.25) is 0 Å². The molecule has 1 aliphatic carbocycles. The van der Waals surface area contributed by atoms with Crippen LogP contribution in [0.25, 0.3) is 16.6 Å². The van der Waals surface area contributed by atoms with Gasteiger partial charge in [-0.15, -0.1) is 11.3 Å². The number of benzene rings is 1. The topological polar surface area (TPSA) is 86.4 Å². The summed E-state index contributed by atoms with van der Waals surface area (Å²) in [6.45, 7) is 17.1. The van der Waals surface area contributed by atoms with Gasteiger partial charge < -0.3 is 24.1 Å². The normalized spacial score (nSPS) is 21.0. The number of H-pyrrole nitrogens is 1. The zero-order valence-electron chi connectivity index (χ0n) is 31.6. The summed E-state index contributed by atoms with van der Waals surface area (Å²) in [7, 11) is 1.40. The van der Waals surface area contributed by atoms with Gasteiger partial charge in [-0.1, -0.05) is 19.4 Å². The smallest absolute Gasteiger partial charge is 0.341 e. The first kappa shape index (κ1) is 36.2. The second-order valence-corrected chi connectivity index (χ2v) is 16.9. The number of esters is 1. The number of ether oxygens (including phenoxy) is 3. The zero-order chi connectivity index (χ0) is 36.4. The Kier molecular flexibility index (Phi) is 10.9. The van der Waals surface area contributed by atoms with Gasteiger partial charge in [-0.2, -0.15) is 0 Å². The van der Waals surface area contributed by atoms with Crippen molar-refractivity contribution in [3.05, 3.63) is 75.7 Å². The van der Waals surface area contributed by atoms with E-state index in [0.717, 1.165) is 94.8 Å². The van der Waals surface area contributed by atoms with Crippen LogP contribution in [0.4, 0.5) is 5.69 Å². The molecule has 0 spiro atoms. The molecule has 3 aromatic heterocycles. The summed E-state index contributed by atoms with van der Waals surface area (Å²) in [5.74, 6) is 0.626. The molecule has 6 heterocycles. The van der Waals surface area contributed by atoms with Crippen molar-refractivity contribution in [3.8, 4) is 11.5 Å². The van der Waals surface area contributed by atoms with Gasteiger partial charge in [0.15, 0.2) is 0 Å². The summed E-state index contributed by atoms with van der Waals surface area (Å²) in [6.07, 6.45) is 9.62. The molecular formula is C42H54N6O4S. The van der Waals surface area contributed by atoms with Gasteiger partial charge in [-0.25, -0.2) is 9.78 Å². The number of rotatable bonds is 10. The Labute approximate surface area is 317 Å². The van der Waals surface area contributed by atoms with Crippen molar-refractivity contribution >= 4 is 39.6 Å². The molecule has 0 saturated carbocycles. The second kappa shape index (κ2) is 15.9. The molecule has 1 aromatic carbocycles. The van der Waals surface area contributed by atoms with Crippen LogP contribution in [0.5, 0.6) is 11.5 Å². The predicted octanol–water partition coefficient (Wildman–Crippen LogP) is 7.29. The van der Waals surface area contributed by atoms with Crippen LogP contribution in [-0.4, -0.2) is 116 Å². The first-order valence-corrected chi connectivity index (χ1v) is 20.3. The van der Waals surface area contributed by atoms with E-state index in [-0.39, 0.29) is 0 Å². The minimum absolute atomic E-state index is 0.322. The molecule has 0 radical (unpaired) electrons. The second-order valence-electron chi connectivity index (χ2n) is 16.0. The fraction of sp³-hybridized carbons (Fsp3) is 0.524. The number of aromatic nitrogens is 2. The molecule has 1 N–H and O–H groups in total. The number of anilines is 1. The number of nitrogens with zero attached hydrogens (tertiary/aromatic N) is 5. The van der Waals surface area contributed by atoms with Gasteiger partial charge in [0.05, 0.1) is 26.5 Å². The number of nitrogens with one attached hydrogen (secondary N) is 1. The average molecular weight is 739 g/mol. The van der Waals surface area contributed by atoms with Gasteiger partial charge in [0, 0.05) is 86.6 Å². The number of piperazine rings is 1. The fourth-order valence-electron chi connectivity index (χ4n) is 8.64. The monoisotopic (exact) mass is 738 g/mol. The highest BCUT2D eigenvalue weighted by Crippen LogP contribution is 2.45. The number of hydrogen-bond donors (Lipinski definition) is 1. The number of morpholine rings is 1. The van der Waals surface area contributed by atoms with E-state index in [0.29, 0.717) is 22.5 Å². The number of fused-ring (bicyclic) bond motifs is 1. The molecule has 53 heavy (non-hydrogen) atoms. The maximum Gasteiger partial charge on any atom is 0.341 e. The Hall–Kier alpha value is -3.74. The van der Waals surface area contributed by atoms with E-state index in [1.807, 2.05) is 47.9 Å². The number of pyridine rings is 1. The molecule has 0 bridgehead atoms. The molecule has 0 atom stereocenters. The van der Waals surface area contributed by atoms with Crippen LogP contribution >= 0.6 is 11.3 Å². The average Bonchev–Trinajstić information content (AvgIpc) is 3.86. The van der Waals surface area contributed by atoms with E-state index >= 15 is 0 Å². The van der Waals surface area contributed by atoms with Crippen LogP contribution in [-0.2, 0) is 16.0 Å². The SMILES string of the molecule is COC(=O)c1ccc(N2CCN(CC3=C(c4cc(CN5CCC(N6CCOCC6)CC5)cs4)CC(C)(C)CC3)CC2)cc1Oc1cnc2[nH]ccc2c1. The number of aromatic amines is 1. The quantitative estimate of drug-likeness (QED) is 0.169. The molecule has 4 aliphatic rings. The predicted molar refractivity (Wildman–Crippen MR) is 212 cm³/mol. The Morgan fingerprint density at radius 3 is 2.57 bits per heavy atom. The Bertz CT molecular complexity index is 1910. The molecular weight excluding hydrogens is 685 g/mol. The summed E-state index contributed by atoms with van der Waals surface area (Å²) in [5, 5.41) is 3.37. The van der Waals surface area contributed by atoms with Crippen molar-refractivity contribution in [2.24, 2.45) is 5.41 Å².